The zero-order chi connectivity index (χ0) is 10.8. The maximum Gasteiger partial charge on any atom is 0.137 e. The molecule has 0 saturated heterocycles. The van der Waals surface area contributed by atoms with Gasteiger partial charge in [-0.3, -0.25) is 4.79 Å². The van der Waals surface area contributed by atoms with E-state index >= 15 is 0 Å². The van der Waals surface area contributed by atoms with Crippen molar-refractivity contribution in [3.05, 3.63) is 34.9 Å². The fourth-order valence-corrected chi connectivity index (χ4v) is 2.35. The normalized spacial score (nSPS) is 17.3. The number of fused-ring (bicyclic) bond motifs is 1. The molecule has 0 heterocycles. The Labute approximate surface area is 91.5 Å². The molecule has 1 aliphatic rings. The molecule has 1 nitrogen and oxygen atoms in total. The number of ketones is 1. The standard InChI is InChI=1S/C14H18O/c1-3-10(2)13-6-4-5-11-7-8-12(15)9-14(11)13/h4-6,10H,3,7-9H2,1-2H3. The quantitative estimate of drug-likeness (QED) is 0.719. The molecule has 15 heavy (non-hydrogen) atoms. The second-order valence-corrected chi connectivity index (χ2v) is 4.51. The molecule has 0 aromatic heterocycles. The molecule has 0 radical (unpaired) electrons. The van der Waals surface area contributed by atoms with Gasteiger partial charge in [-0.05, 0) is 35.4 Å². The van der Waals surface area contributed by atoms with E-state index in [0.29, 0.717) is 18.1 Å². The number of carbonyl (C=O) groups excluding carboxylic acids is 1. The Morgan fingerprint density at radius 1 is 1.33 bits per heavy atom. The van der Waals surface area contributed by atoms with Crippen LogP contribution in [0.2, 0.25) is 0 Å². The number of hydrogen-bond donors (Lipinski definition) is 0. The van der Waals surface area contributed by atoms with Gasteiger partial charge in [0, 0.05) is 12.8 Å². The van der Waals surface area contributed by atoms with Crippen LogP contribution in [0.1, 0.15) is 49.3 Å². The number of hydrogen-bond acceptors (Lipinski definition) is 1. The molecule has 1 unspecified atom stereocenters. The molecule has 1 heteroatoms. The molecule has 1 atom stereocenters. The molecular weight excluding hydrogens is 184 g/mol. The third-order valence-electron chi connectivity index (χ3n) is 3.50. The summed E-state index contributed by atoms with van der Waals surface area (Å²) in [6.45, 7) is 4.45. The Morgan fingerprint density at radius 3 is 2.87 bits per heavy atom. The van der Waals surface area contributed by atoms with E-state index in [0.717, 1.165) is 19.3 Å². The Balaban J connectivity index is 2.43. The van der Waals surface area contributed by atoms with Gasteiger partial charge in [0.25, 0.3) is 0 Å². The predicted octanol–water partition coefficient (Wildman–Crippen LogP) is 3.26. The van der Waals surface area contributed by atoms with Crippen molar-refractivity contribution in [2.75, 3.05) is 0 Å². The van der Waals surface area contributed by atoms with E-state index in [1.807, 2.05) is 0 Å². The molecule has 1 aromatic carbocycles. The molecule has 0 amide bonds. The Kier molecular flexibility index (Phi) is 2.90. The summed E-state index contributed by atoms with van der Waals surface area (Å²) in [5, 5.41) is 0. The van der Waals surface area contributed by atoms with Crippen LogP contribution < -0.4 is 0 Å². The molecule has 0 fully saturated rings. The average Bonchev–Trinajstić information content (AvgIpc) is 2.27. The van der Waals surface area contributed by atoms with Crippen molar-refractivity contribution >= 4 is 5.78 Å². The first-order valence-electron chi connectivity index (χ1n) is 5.84. The van der Waals surface area contributed by atoms with Gasteiger partial charge in [0.15, 0.2) is 0 Å². The molecule has 0 N–H and O–H groups in total. The summed E-state index contributed by atoms with van der Waals surface area (Å²) in [5.74, 6) is 0.976. The first-order valence-corrected chi connectivity index (χ1v) is 5.84. The van der Waals surface area contributed by atoms with Gasteiger partial charge in [0.05, 0.1) is 0 Å². The van der Waals surface area contributed by atoms with Crippen molar-refractivity contribution < 1.29 is 4.79 Å². The minimum Gasteiger partial charge on any atom is -0.299 e. The zero-order valence-electron chi connectivity index (χ0n) is 9.55. The number of rotatable bonds is 2. The number of benzene rings is 1. The smallest absolute Gasteiger partial charge is 0.137 e. The van der Waals surface area contributed by atoms with E-state index in [9.17, 15) is 4.79 Å². The van der Waals surface area contributed by atoms with E-state index in [4.69, 9.17) is 0 Å². The van der Waals surface area contributed by atoms with Crippen LogP contribution >= 0.6 is 0 Å². The first-order chi connectivity index (χ1) is 7.22. The number of carbonyl (C=O) groups is 1. The molecule has 80 valence electrons. The SMILES string of the molecule is CCC(C)c1cccc2c1CC(=O)CC2. The monoisotopic (exact) mass is 202 g/mol. The second-order valence-electron chi connectivity index (χ2n) is 4.51. The van der Waals surface area contributed by atoms with Crippen LogP contribution in [0.3, 0.4) is 0 Å². The van der Waals surface area contributed by atoms with Crippen LogP contribution in [-0.2, 0) is 17.6 Å². The Bertz CT molecular complexity index is 379. The van der Waals surface area contributed by atoms with Gasteiger partial charge in [-0.2, -0.15) is 0 Å². The lowest BCUT2D eigenvalue weighted by Crippen LogP contribution is -2.16. The fraction of sp³-hybridized carbons (Fsp3) is 0.500. The molecule has 0 spiro atoms. The van der Waals surface area contributed by atoms with Crippen LogP contribution in [-0.4, -0.2) is 5.78 Å². The van der Waals surface area contributed by atoms with Crippen molar-refractivity contribution in [1.29, 1.82) is 0 Å². The zero-order valence-corrected chi connectivity index (χ0v) is 9.55. The minimum absolute atomic E-state index is 0.401. The highest BCUT2D eigenvalue weighted by Gasteiger charge is 2.19. The van der Waals surface area contributed by atoms with Crippen molar-refractivity contribution in [2.24, 2.45) is 0 Å². The van der Waals surface area contributed by atoms with E-state index < -0.39 is 0 Å². The Morgan fingerprint density at radius 2 is 2.13 bits per heavy atom. The highest BCUT2D eigenvalue weighted by Crippen LogP contribution is 2.29. The average molecular weight is 202 g/mol. The van der Waals surface area contributed by atoms with E-state index in [-0.39, 0.29) is 0 Å². The second kappa shape index (κ2) is 4.18. The van der Waals surface area contributed by atoms with Gasteiger partial charge in [-0.25, -0.2) is 0 Å². The topological polar surface area (TPSA) is 17.1 Å². The third kappa shape index (κ3) is 1.97. The summed E-state index contributed by atoms with van der Waals surface area (Å²) in [5.41, 5.74) is 4.11. The van der Waals surface area contributed by atoms with E-state index in [2.05, 4.69) is 32.0 Å². The van der Waals surface area contributed by atoms with Crippen molar-refractivity contribution in [3.63, 3.8) is 0 Å². The third-order valence-corrected chi connectivity index (χ3v) is 3.50. The summed E-state index contributed by atoms with van der Waals surface area (Å²) in [6, 6.07) is 6.50. The summed E-state index contributed by atoms with van der Waals surface area (Å²) in [6.07, 6.45) is 3.48. The lowest BCUT2D eigenvalue weighted by molar-refractivity contribution is -0.118. The highest BCUT2D eigenvalue weighted by atomic mass is 16.1. The largest absolute Gasteiger partial charge is 0.299 e. The van der Waals surface area contributed by atoms with Crippen LogP contribution in [0.5, 0.6) is 0 Å². The van der Waals surface area contributed by atoms with Crippen molar-refractivity contribution in [1.82, 2.24) is 0 Å². The summed E-state index contributed by atoms with van der Waals surface area (Å²) >= 11 is 0. The van der Waals surface area contributed by atoms with Crippen molar-refractivity contribution in [3.8, 4) is 0 Å². The van der Waals surface area contributed by atoms with E-state index in [1.165, 1.54) is 16.7 Å². The summed E-state index contributed by atoms with van der Waals surface area (Å²) < 4.78 is 0. The maximum atomic E-state index is 11.5. The van der Waals surface area contributed by atoms with Gasteiger partial charge in [-0.1, -0.05) is 32.0 Å². The lowest BCUT2D eigenvalue weighted by Gasteiger charge is -2.21. The fourth-order valence-electron chi connectivity index (χ4n) is 2.35. The summed E-state index contributed by atoms with van der Waals surface area (Å²) in [7, 11) is 0. The van der Waals surface area contributed by atoms with Crippen molar-refractivity contribution in [2.45, 2.75) is 45.4 Å². The maximum absolute atomic E-state index is 11.5. The van der Waals surface area contributed by atoms with Crippen LogP contribution in [0, 0.1) is 0 Å². The Hall–Kier alpha value is -1.11. The van der Waals surface area contributed by atoms with Crippen LogP contribution in [0.25, 0.3) is 0 Å². The molecule has 0 aliphatic heterocycles. The minimum atomic E-state index is 0.401. The number of aryl methyl sites for hydroxylation is 1. The van der Waals surface area contributed by atoms with Gasteiger partial charge < -0.3 is 0 Å². The molecule has 2 rings (SSSR count). The van der Waals surface area contributed by atoms with Gasteiger partial charge in [0.1, 0.15) is 5.78 Å². The van der Waals surface area contributed by atoms with Crippen LogP contribution in [0.15, 0.2) is 18.2 Å². The molecule has 0 bridgehead atoms. The lowest BCUT2D eigenvalue weighted by atomic mass is 9.83. The highest BCUT2D eigenvalue weighted by molar-refractivity contribution is 5.83. The molecule has 1 aliphatic carbocycles. The van der Waals surface area contributed by atoms with Crippen LogP contribution in [0.4, 0.5) is 0 Å². The number of Topliss-reactive ketones (excluding diaryl/α,β-unsaturated/α-hetero) is 1. The van der Waals surface area contributed by atoms with Gasteiger partial charge >= 0.3 is 0 Å². The predicted molar refractivity (Wildman–Crippen MR) is 62.2 cm³/mol. The van der Waals surface area contributed by atoms with E-state index in [1.54, 1.807) is 0 Å². The first kappa shape index (κ1) is 10.4. The molecular formula is C14H18O. The molecule has 0 saturated carbocycles. The molecule has 1 aromatic rings. The van der Waals surface area contributed by atoms with Gasteiger partial charge in [-0.15, -0.1) is 0 Å². The van der Waals surface area contributed by atoms with Gasteiger partial charge in [0.2, 0.25) is 0 Å². The summed E-state index contributed by atoms with van der Waals surface area (Å²) in [4.78, 5) is 11.5.